The van der Waals surface area contributed by atoms with Crippen LogP contribution in [0.15, 0.2) is 18.2 Å². The molecule has 1 aliphatic carbocycles. The highest BCUT2D eigenvalue weighted by Gasteiger charge is 2.12. The minimum Gasteiger partial charge on any atom is -0.496 e. The molecule has 1 fully saturated rings. The lowest BCUT2D eigenvalue weighted by molar-refractivity contribution is 0.334. The number of hydrogen-bond donors (Lipinski definition) is 1. The van der Waals surface area contributed by atoms with E-state index in [1.54, 1.807) is 7.11 Å². The largest absolute Gasteiger partial charge is 0.496 e. The number of rotatable bonds is 6. The van der Waals surface area contributed by atoms with Gasteiger partial charge in [0.1, 0.15) is 5.75 Å². The smallest absolute Gasteiger partial charge is 0.121 e. The molecule has 0 heterocycles. The maximum atomic E-state index is 5.28. The average molecular weight is 261 g/mol. The molecule has 0 aromatic heterocycles. The molecule has 1 N–H and O–H groups in total. The summed E-state index contributed by atoms with van der Waals surface area (Å²) >= 11 is 0. The summed E-state index contributed by atoms with van der Waals surface area (Å²) in [5, 5.41) is 3.57. The van der Waals surface area contributed by atoms with Crippen LogP contribution in [-0.4, -0.2) is 13.7 Å². The van der Waals surface area contributed by atoms with E-state index in [1.807, 2.05) is 0 Å². The molecule has 0 amide bonds. The van der Waals surface area contributed by atoms with Gasteiger partial charge in [-0.3, -0.25) is 0 Å². The lowest BCUT2D eigenvalue weighted by atomic mass is 9.87. The number of benzene rings is 1. The number of aryl methyl sites for hydroxylation is 1. The standard InChI is InChI=1S/C17H27NO/c1-14-12-16(8-9-17(14)19-2)13-18-11-10-15-6-4-3-5-7-15/h8-9,12,15,18H,3-7,10-11,13H2,1-2H3. The van der Waals surface area contributed by atoms with Crippen molar-refractivity contribution in [3.8, 4) is 5.75 Å². The Morgan fingerprint density at radius 1 is 1.21 bits per heavy atom. The van der Waals surface area contributed by atoms with Crippen LogP contribution in [0.4, 0.5) is 0 Å². The first-order valence-corrected chi connectivity index (χ1v) is 7.64. The van der Waals surface area contributed by atoms with Crippen LogP contribution in [0.1, 0.15) is 49.7 Å². The Morgan fingerprint density at radius 3 is 2.68 bits per heavy atom. The minimum atomic E-state index is 0.970. The Hall–Kier alpha value is -1.02. The second kappa shape index (κ2) is 7.54. The molecular formula is C17H27NO. The molecule has 2 nitrogen and oxygen atoms in total. The van der Waals surface area contributed by atoms with Crippen molar-refractivity contribution in [2.75, 3.05) is 13.7 Å². The second-order valence-electron chi connectivity index (χ2n) is 5.77. The van der Waals surface area contributed by atoms with Crippen LogP contribution in [-0.2, 0) is 6.54 Å². The molecule has 1 aromatic carbocycles. The molecule has 0 spiro atoms. The first kappa shape index (κ1) is 14.4. The Morgan fingerprint density at radius 2 is 2.00 bits per heavy atom. The highest BCUT2D eigenvalue weighted by atomic mass is 16.5. The summed E-state index contributed by atoms with van der Waals surface area (Å²) in [5.41, 5.74) is 2.57. The lowest BCUT2D eigenvalue weighted by Gasteiger charge is -2.21. The zero-order valence-corrected chi connectivity index (χ0v) is 12.4. The Balaban J connectivity index is 1.69. The first-order chi connectivity index (χ1) is 9.29. The van der Waals surface area contributed by atoms with E-state index >= 15 is 0 Å². The van der Waals surface area contributed by atoms with E-state index in [9.17, 15) is 0 Å². The van der Waals surface area contributed by atoms with E-state index < -0.39 is 0 Å². The van der Waals surface area contributed by atoms with E-state index in [-0.39, 0.29) is 0 Å². The molecule has 1 aromatic rings. The van der Waals surface area contributed by atoms with Crippen molar-refractivity contribution in [1.82, 2.24) is 5.32 Å². The number of methoxy groups -OCH3 is 1. The maximum absolute atomic E-state index is 5.28. The fourth-order valence-corrected chi connectivity index (χ4v) is 3.07. The van der Waals surface area contributed by atoms with Gasteiger partial charge in [-0.1, -0.05) is 44.2 Å². The lowest BCUT2D eigenvalue weighted by Crippen LogP contribution is -2.19. The molecule has 0 aliphatic heterocycles. The summed E-state index contributed by atoms with van der Waals surface area (Å²) in [6.07, 6.45) is 8.58. The van der Waals surface area contributed by atoms with Gasteiger partial charge in [0.2, 0.25) is 0 Å². The molecule has 1 aliphatic rings. The number of hydrogen-bond acceptors (Lipinski definition) is 2. The first-order valence-electron chi connectivity index (χ1n) is 7.64. The van der Waals surface area contributed by atoms with E-state index in [0.29, 0.717) is 0 Å². The quantitative estimate of drug-likeness (QED) is 0.780. The van der Waals surface area contributed by atoms with Crippen LogP contribution in [0.25, 0.3) is 0 Å². The minimum absolute atomic E-state index is 0.970. The van der Waals surface area contributed by atoms with Gasteiger partial charge in [0.25, 0.3) is 0 Å². The number of nitrogens with one attached hydrogen (secondary N) is 1. The van der Waals surface area contributed by atoms with Gasteiger partial charge in [-0.05, 0) is 43.0 Å². The van der Waals surface area contributed by atoms with Crippen LogP contribution >= 0.6 is 0 Å². The van der Waals surface area contributed by atoms with Crippen LogP contribution in [0.5, 0.6) is 5.75 Å². The van der Waals surface area contributed by atoms with Crippen LogP contribution < -0.4 is 10.1 Å². The van der Waals surface area contributed by atoms with Crippen LogP contribution in [0, 0.1) is 12.8 Å². The van der Waals surface area contributed by atoms with Gasteiger partial charge >= 0.3 is 0 Å². The average Bonchev–Trinajstić information content (AvgIpc) is 2.45. The topological polar surface area (TPSA) is 21.3 Å². The van der Waals surface area contributed by atoms with Crippen molar-refractivity contribution in [1.29, 1.82) is 0 Å². The van der Waals surface area contributed by atoms with Crippen molar-refractivity contribution in [3.05, 3.63) is 29.3 Å². The number of ether oxygens (including phenoxy) is 1. The predicted molar refractivity (Wildman–Crippen MR) is 80.6 cm³/mol. The monoisotopic (exact) mass is 261 g/mol. The van der Waals surface area contributed by atoms with Gasteiger partial charge in [0.05, 0.1) is 7.11 Å². The molecule has 0 saturated heterocycles. The highest BCUT2D eigenvalue weighted by Crippen LogP contribution is 2.25. The molecule has 106 valence electrons. The van der Waals surface area contributed by atoms with Gasteiger partial charge in [0, 0.05) is 6.54 Å². The van der Waals surface area contributed by atoms with Crippen molar-refractivity contribution in [2.24, 2.45) is 5.92 Å². The van der Waals surface area contributed by atoms with E-state index in [1.165, 1.54) is 49.7 Å². The summed E-state index contributed by atoms with van der Waals surface area (Å²) in [7, 11) is 1.73. The second-order valence-corrected chi connectivity index (χ2v) is 5.77. The summed E-state index contributed by atoms with van der Waals surface area (Å²) in [4.78, 5) is 0. The molecule has 0 bridgehead atoms. The van der Waals surface area contributed by atoms with Crippen molar-refractivity contribution in [3.63, 3.8) is 0 Å². The van der Waals surface area contributed by atoms with Gasteiger partial charge in [-0.25, -0.2) is 0 Å². The van der Waals surface area contributed by atoms with E-state index in [0.717, 1.165) is 24.8 Å². The van der Waals surface area contributed by atoms with Crippen LogP contribution in [0.3, 0.4) is 0 Å². The Bertz CT molecular complexity index is 383. The Kier molecular flexibility index (Phi) is 5.71. The maximum Gasteiger partial charge on any atom is 0.121 e. The molecule has 2 rings (SSSR count). The van der Waals surface area contributed by atoms with Crippen LogP contribution in [0.2, 0.25) is 0 Å². The predicted octanol–water partition coefficient (Wildman–Crippen LogP) is 4.06. The SMILES string of the molecule is COc1ccc(CNCCC2CCCCC2)cc1C. The summed E-state index contributed by atoms with van der Waals surface area (Å²) < 4.78 is 5.28. The third-order valence-corrected chi connectivity index (χ3v) is 4.24. The third-order valence-electron chi connectivity index (χ3n) is 4.24. The molecule has 0 radical (unpaired) electrons. The molecule has 0 atom stereocenters. The molecule has 1 saturated carbocycles. The van der Waals surface area contributed by atoms with Crippen molar-refractivity contribution >= 4 is 0 Å². The highest BCUT2D eigenvalue weighted by molar-refractivity contribution is 5.36. The fraction of sp³-hybridized carbons (Fsp3) is 0.647. The normalized spacial score (nSPS) is 16.5. The zero-order valence-electron chi connectivity index (χ0n) is 12.4. The zero-order chi connectivity index (χ0) is 13.5. The van der Waals surface area contributed by atoms with E-state index in [2.05, 4.69) is 30.4 Å². The third kappa shape index (κ3) is 4.54. The van der Waals surface area contributed by atoms with Gasteiger partial charge in [0.15, 0.2) is 0 Å². The van der Waals surface area contributed by atoms with Crippen molar-refractivity contribution < 1.29 is 4.74 Å². The van der Waals surface area contributed by atoms with Gasteiger partial charge < -0.3 is 10.1 Å². The van der Waals surface area contributed by atoms with Gasteiger partial charge in [-0.2, -0.15) is 0 Å². The van der Waals surface area contributed by atoms with Gasteiger partial charge in [-0.15, -0.1) is 0 Å². The van der Waals surface area contributed by atoms with E-state index in [4.69, 9.17) is 4.74 Å². The molecule has 19 heavy (non-hydrogen) atoms. The molecular weight excluding hydrogens is 234 g/mol. The summed E-state index contributed by atoms with van der Waals surface area (Å²) in [5.74, 6) is 1.95. The molecule has 0 unspecified atom stereocenters. The summed E-state index contributed by atoms with van der Waals surface area (Å²) in [6.45, 7) is 4.22. The fourth-order valence-electron chi connectivity index (χ4n) is 3.07. The molecule has 2 heteroatoms. The summed E-state index contributed by atoms with van der Waals surface area (Å²) in [6, 6.07) is 6.43. The van der Waals surface area contributed by atoms with Crippen molar-refractivity contribution in [2.45, 2.75) is 52.0 Å². The Labute approximate surface area is 117 Å².